The molecular formula is C12H24N2O2S. The second-order valence-corrected chi connectivity index (χ2v) is 6.16. The van der Waals surface area contributed by atoms with Gasteiger partial charge in [0.2, 0.25) is 5.91 Å². The van der Waals surface area contributed by atoms with Gasteiger partial charge in [-0.05, 0) is 32.7 Å². The zero-order chi connectivity index (χ0) is 12.7. The molecule has 17 heavy (non-hydrogen) atoms. The lowest BCUT2D eigenvalue weighted by Gasteiger charge is -2.20. The van der Waals surface area contributed by atoms with Crippen LogP contribution in [-0.4, -0.2) is 40.3 Å². The third-order valence-corrected chi connectivity index (χ3v) is 4.88. The van der Waals surface area contributed by atoms with Crippen molar-refractivity contribution in [2.24, 2.45) is 0 Å². The van der Waals surface area contributed by atoms with Crippen LogP contribution in [0.2, 0.25) is 0 Å². The number of carbonyl (C=O) groups is 1. The summed E-state index contributed by atoms with van der Waals surface area (Å²) >= 11 is 0. The normalized spacial score (nSPS) is 25.8. The fourth-order valence-electron chi connectivity index (χ4n) is 2.29. The number of hydrogen-bond acceptors (Lipinski definition) is 3. The topological polar surface area (TPSA) is 58.2 Å². The Kier molecular flexibility index (Phi) is 6.73. The van der Waals surface area contributed by atoms with Gasteiger partial charge in [-0.1, -0.05) is 13.3 Å². The van der Waals surface area contributed by atoms with E-state index in [2.05, 4.69) is 17.6 Å². The average Bonchev–Trinajstić information content (AvgIpc) is 2.74. The van der Waals surface area contributed by atoms with Crippen LogP contribution >= 0.6 is 0 Å². The Morgan fingerprint density at radius 1 is 1.35 bits per heavy atom. The maximum absolute atomic E-state index is 12.1. The van der Waals surface area contributed by atoms with Gasteiger partial charge in [0.05, 0.1) is 5.25 Å². The monoisotopic (exact) mass is 260 g/mol. The number of nitrogens with one attached hydrogen (secondary N) is 2. The fraction of sp³-hybridized carbons (Fsp3) is 0.917. The van der Waals surface area contributed by atoms with Crippen LogP contribution in [0.4, 0.5) is 0 Å². The van der Waals surface area contributed by atoms with E-state index in [0.29, 0.717) is 12.6 Å². The minimum absolute atomic E-state index is 0.0908. The lowest BCUT2D eigenvalue weighted by atomic mass is 10.2. The summed E-state index contributed by atoms with van der Waals surface area (Å²) in [7, 11) is -1.04. The van der Waals surface area contributed by atoms with E-state index in [-0.39, 0.29) is 16.9 Å². The van der Waals surface area contributed by atoms with Crippen LogP contribution in [0.5, 0.6) is 0 Å². The largest absolute Gasteiger partial charge is 0.356 e. The standard InChI is InChI=1S/C12H24N2O2S/c1-3-8-14-10-6-5-7-11(10)17(16)9-12(15)13-4-2/h10-11,14H,3-9H2,1-2H3,(H,13,15). The number of amides is 1. The molecular weight excluding hydrogens is 236 g/mol. The van der Waals surface area contributed by atoms with E-state index in [4.69, 9.17) is 0 Å². The van der Waals surface area contributed by atoms with E-state index in [1.807, 2.05) is 6.92 Å². The zero-order valence-electron chi connectivity index (χ0n) is 10.8. The van der Waals surface area contributed by atoms with E-state index in [9.17, 15) is 9.00 Å². The zero-order valence-corrected chi connectivity index (χ0v) is 11.6. The van der Waals surface area contributed by atoms with Crippen molar-refractivity contribution >= 4 is 16.7 Å². The van der Waals surface area contributed by atoms with E-state index in [1.54, 1.807) is 0 Å². The maximum atomic E-state index is 12.1. The van der Waals surface area contributed by atoms with Crippen LogP contribution in [0.3, 0.4) is 0 Å². The van der Waals surface area contributed by atoms with Crippen LogP contribution in [0.25, 0.3) is 0 Å². The van der Waals surface area contributed by atoms with E-state index >= 15 is 0 Å². The molecule has 0 bridgehead atoms. The summed E-state index contributed by atoms with van der Waals surface area (Å²) in [6, 6.07) is 0.338. The molecule has 0 aromatic rings. The third-order valence-electron chi connectivity index (χ3n) is 3.09. The summed E-state index contributed by atoms with van der Waals surface area (Å²) in [5.74, 6) is 0.0648. The maximum Gasteiger partial charge on any atom is 0.232 e. The van der Waals surface area contributed by atoms with Gasteiger partial charge in [0.15, 0.2) is 0 Å². The molecule has 1 aliphatic carbocycles. The lowest BCUT2D eigenvalue weighted by Crippen LogP contribution is -2.41. The highest BCUT2D eigenvalue weighted by Crippen LogP contribution is 2.24. The molecule has 0 radical (unpaired) electrons. The predicted octanol–water partition coefficient (Wildman–Crippen LogP) is 0.792. The van der Waals surface area contributed by atoms with E-state index in [1.165, 1.54) is 0 Å². The molecule has 1 fully saturated rings. The van der Waals surface area contributed by atoms with Crippen molar-refractivity contribution in [1.82, 2.24) is 10.6 Å². The molecule has 0 aliphatic heterocycles. The molecule has 0 spiro atoms. The quantitative estimate of drug-likeness (QED) is 0.711. The minimum atomic E-state index is -1.04. The van der Waals surface area contributed by atoms with Gasteiger partial charge in [-0.25, -0.2) is 0 Å². The molecule has 5 heteroatoms. The van der Waals surface area contributed by atoms with Crippen LogP contribution in [0, 0.1) is 0 Å². The highest BCUT2D eigenvalue weighted by atomic mass is 32.2. The summed E-state index contributed by atoms with van der Waals surface area (Å²) < 4.78 is 12.1. The Balaban J connectivity index is 2.41. The van der Waals surface area contributed by atoms with Gasteiger partial charge >= 0.3 is 0 Å². The van der Waals surface area contributed by atoms with Crippen molar-refractivity contribution in [1.29, 1.82) is 0 Å². The molecule has 1 amide bonds. The summed E-state index contributed by atoms with van der Waals surface area (Å²) in [5.41, 5.74) is 0. The fourth-order valence-corrected chi connectivity index (χ4v) is 3.89. The van der Waals surface area contributed by atoms with E-state index in [0.717, 1.165) is 32.2 Å². The lowest BCUT2D eigenvalue weighted by molar-refractivity contribution is -0.118. The summed E-state index contributed by atoms with van der Waals surface area (Å²) in [6.45, 7) is 5.59. The molecule has 2 N–H and O–H groups in total. The van der Waals surface area contributed by atoms with Crippen LogP contribution in [0.15, 0.2) is 0 Å². The van der Waals surface area contributed by atoms with Crippen LogP contribution < -0.4 is 10.6 Å². The van der Waals surface area contributed by atoms with Gasteiger partial charge in [0.25, 0.3) is 0 Å². The van der Waals surface area contributed by atoms with Crippen LogP contribution in [0.1, 0.15) is 39.5 Å². The molecule has 0 heterocycles. The van der Waals surface area contributed by atoms with Crippen LogP contribution in [-0.2, 0) is 15.6 Å². The molecule has 1 saturated carbocycles. The van der Waals surface area contributed by atoms with Crippen molar-refractivity contribution in [3.63, 3.8) is 0 Å². The highest BCUT2D eigenvalue weighted by molar-refractivity contribution is 7.86. The average molecular weight is 260 g/mol. The van der Waals surface area contributed by atoms with Gasteiger partial charge in [-0.2, -0.15) is 0 Å². The third kappa shape index (κ3) is 4.76. The molecule has 0 aromatic heterocycles. The van der Waals surface area contributed by atoms with Crippen molar-refractivity contribution in [2.75, 3.05) is 18.8 Å². The van der Waals surface area contributed by atoms with Crippen molar-refractivity contribution < 1.29 is 9.00 Å². The number of carbonyl (C=O) groups excluding carboxylic acids is 1. The molecule has 1 rings (SSSR count). The Morgan fingerprint density at radius 2 is 2.12 bits per heavy atom. The first-order chi connectivity index (χ1) is 8.19. The Labute approximate surface area is 106 Å². The molecule has 3 unspecified atom stereocenters. The van der Waals surface area contributed by atoms with E-state index < -0.39 is 10.8 Å². The van der Waals surface area contributed by atoms with Crippen molar-refractivity contribution in [3.05, 3.63) is 0 Å². The van der Waals surface area contributed by atoms with Gasteiger partial charge in [-0.3, -0.25) is 9.00 Å². The Bertz CT molecular complexity index is 271. The van der Waals surface area contributed by atoms with Gasteiger partial charge in [0.1, 0.15) is 5.75 Å². The first-order valence-electron chi connectivity index (χ1n) is 6.56. The van der Waals surface area contributed by atoms with Gasteiger partial charge in [0, 0.05) is 23.4 Å². The number of hydrogen-bond donors (Lipinski definition) is 2. The molecule has 1 aliphatic rings. The smallest absolute Gasteiger partial charge is 0.232 e. The van der Waals surface area contributed by atoms with Gasteiger partial charge in [-0.15, -0.1) is 0 Å². The molecule has 0 saturated heterocycles. The number of rotatable bonds is 7. The second-order valence-electron chi connectivity index (χ2n) is 4.51. The molecule has 3 atom stereocenters. The summed E-state index contributed by atoms with van der Waals surface area (Å²) in [5, 5.41) is 6.30. The SMILES string of the molecule is CCCNC1CCCC1S(=O)CC(=O)NCC. The molecule has 4 nitrogen and oxygen atoms in total. The minimum Gasteiger partial charge on any atom is -0.356 e. The van der Waals surface area contributed by atoms with Gasteiger partial charge < -0.3 is 10.6 Å². The predicted molar refractivity (Wildman–Crippen MR) is 71.4 cm³/mol. The Morgan fingerprint density at radius 3 is 2.76 bits per heavy atom. The first kappa shape index (κ1) is 14.6. The molecule has 0 aromatic carbocycles. The second kappa shape index (κ2) is 7.82. The van der Waals surface area contributed by atoms with Crippen molar-refractivity contribution in [2.45, 2.75) is 50.8 Å². The Hall–Kier alpha value is -0.420. The first-order valence-corrected chi connectivity index (χ1v) is 7.94. The molecule has 100 valence electrons. The van der Waals surface area contributed by atoms with Crippen molar-refractivity contribution in [3.8, 4) is 0 Å². The highest BCUT2D eigenvalue weighted by Gasteiger charge is 2.32. The summed E-state index contributed by atoms with van der Waals surface area (Å²) in [4.78, 5) is 11.4. The summed E-state index contributed by atoms with van der Waals surface area (Å²) in [6.07, 6.45) is 4.28.